The summed E-state index contributed by atoms with van der Waals surface area (Å²) in [6, 6.07) is 23.8. The Kier molecular flexibility index (Phi) is 14.0. The predicted molar refractivity (Wildman–Crippen MR) is 164 cm³/mol. The molecule has 44 heavy (non-hydrogen) atoms. The minimum atomic E-state index is -4.12. The van der Waals surface area contributed by atoms with Crippen LogP contribution in [0.5, 0.6) is 0 Å². The zero-order chi connectivity index (χ0) is 32.0. The normalized spacial score (nSPS) is 13.7. The maximum atomic E-state index is 13.6. The molecule has 0 spiro atoms. The molecule has 11 heteroatoms. The van der Waals surface area contributed by atoms with E-state index in [1.807, 2.05) is 74.5 Å². The molecule has 238 valence electrons. The molecule has 0 bridgehead atoms. The quantitative estimate of drug-likeness (QED) is 0.112. The molecule has 0 aliphatic carbocycles. The number of hydrogen-bond donors (Lipinski definition) is 0. The van der Waals surface area contributed by atoms with Gasteiger partial charge < -0.3 is 18.9 Å². The molecule has 0 saturated carbocycles. The molecule has 0 saturated heterocycles. The van der Waals surface area contributed by atoms with Gasteiger partial charge in [-0.25, -0.2) is 0 Å². The molecule has 3 atom stereocenters. The highest BCUT2D eigenvalue weighted by Gasteiger charge is 2.33. The molecule has 0 N–H and O–H groups in total. The number of carbonyl (C=O) groups is 2. The van der Waals surface area contributed by atoms with Crippen LogP contribution >= 0.6 is 0 Å². The molecule has 0 aliphatic rings. The number of benzene rings is 3. The highest BCUT2D eigenvalue weighted by Crippen LogP contribution is 2.19. The molecule has 0 radical (unpaired) electrons. The van der Waals surface area contributed by atoms with Gasteiger partial charge in [0.05, 0.1) is 31.1 Å². The van der Waals surface area contributed by atoms with Gasteiger partial charge in [0, 0.05) is 19.7 Å². The van der Waals surface area contributed by atoms with Crippen LogP contribution in [-0.2, 0) is 56.0 Å². The molecule has 0 aromatic heterocycles. The van der Waals surface area contributed by atoms with E-state index >= 15 is 0 Å². The maximum absolute atomic E-state index is 13.6. The number of ether oxygens (including phenoxy) is 4. The lowest BCUT2D eigenvalue weighted by Crippen LogP contribution is -2.48. The fourth-order valence-electron chi connectivity index (χ4n) is 4.43. The van der Waals surface area contributed by atoms with E-state index in [9.17, 15) is 18.0 Å². The predicted octanol–water partition coefficient (Wildman–Crippen LogP) is 4.65. The topological polar surface area (TPSA) is 118 Å². The van der Waals surface area contributed by atoms with Crippen molar-refractivity contribution in [1.29, 1.82) is 0 Å². The summed E-state index contributed by atoms with van der Waals surface area (Å²) in [5.74, 6) is -1.25. The number of methoxy groups -OCH3 is 1. The van der Waals surface area contributed by atoms with E-state index in [1.54, 1.807) is 24.0 Å². The third-order valence-corrected chi connectivity index (χ3v) is 7.99. The van der Waals surface area contributed by atoms with Crippen LogP contribution in [0.25, 0.3) is 0 Å². The minimum absolute atomic E-state index is 0.00216. The van der Waals surface area contributed by atoms with E-state index < -0.39 is 40.5 Å². The zero-order valence-corrected chi connectivity index (χ0v) is 26.4. The smallest absolute Gasteiger partial charge is 0.324 e. The van der Waals surface area contributed by atoms with Gasteiger partial charge in [-0.2, -0.15) is 8.42 Å². The first-order chi connectivity index (χ1) is 21.1. The van der Waals surface area contributed by atoms with Crippen LogP contribution in [0, 0.1) is 6.92 Å². The molecular weight excluding hydrogens is 586 g/mol. The van der Waals surface area contributed by atoms with Crippen molar-refractivity contribution in [1.82, 2.24) is 4.90 Å². The van der Waals surface area contributed by atoms with Gasteiger partial charge in [-0.3, -0.25) is 18.7 Å². The van der Waals surface area contributed by atoms with Crippen LogP contribution in [0.3, 0.4) is 0 Å². The van der Waals surface area contributed by atoms with Crippen molar-refractivity contribution >= 4 is 22.1 Å². The van der Waals surface area contributed by atoms with Crippen molar-refractivity contribution in [3.05, 3.63) is 102 Å². The lowest BCUT2D eigenvalue weighted by molar-refractivity contribution is -0.174. The summed E-state index contributed by atoms with van der Waals surface area (Å²) in [4.78, 5) is 27.8. The third-order valence-electron chi connectivity index (χ3n) is 6.70. The van der Waals surface area contributed by atoms with Crippen LogP contribution in [-0.4, -0.2) is 70.6 Å². The third kappa shape index (κ3) is 11.5. The molecule has 0 amide bonds. The van der Waals surface area contributed by atoms with E-state index in [0.29, 0.717) is 6.61 Å². The minimum Gasteiger partial charge on any atom is -0.469 e. The fraction of sp³-hybridized carbons (Fsp3) is 0.394. The lowest BCUT2D eigenvalue weighted by Gasteiger charge is -2.33. The Labute approximate surface area is 260 Å². The second kappa shape index (κ2) is 17.6. The Morgan fingerprint density at radius 1 is 0.886 bits per heavy atom. The Morgan fingerprint density at radius 2 is 1.50 bits per heavy atom. The molecule has 10 nitrogen and oxygen atoms in total. The molecular formula is C33H41NO9S. The standard InChI is InChI=1S/C33H41NO9S/c1-5-40-26(3)43-29(24-42-44(37,38)30-18-16-25(2)17-19-30)22-34(21-27-12-8-6-9-13-27)31(20-32(35)39-4)33(36)41-23-28-14-10-7-11-15-28/h6-19,26,29,31H,5,20-24H2,1-4H3/t26?,29-,31+/m1/s1. The summed E-state index contributed by atoms with van der Waals surface area (Å²) in [5.41, 5.74) is 2.54. The number of carbonyl (C=O) groups excluding carboxylic acids is 2. The molecule has 0 aliphatic heterocycles. The first kappa shape index (κ1) is 34.9. The van der Waals surface area contributed by atoms with Gasteiger partial charge in [0.25, 0.3) is 10.1 Å². The second-order valence-corrected chi connectivity index (χ2v) is 11.8. The van der Waals surface area contributed by atoms with Gasteiger partial charge in [-0.05, 0) is 44.0 Å². The average Bonchev–Trinajstić information content (AvgIpc) is 3.02. The van der Waals surface area contributed by atoms with Crippen molar-refractivity contribution in [2.24, 2.45) is 0 Å². The Morgan fingerprint density at radius 3 is 2.09 bits per heavy atom. The fourth-order valence-corrected chi connectivity index (χ4v) is 5.36. The Balaban J connectivity index is 1.91. The van der Waals surface area contributed by atoms with E-state index in [1.165, 1.54) is 19.2 Å². The summed E-state index contributed by atoms with van der Waals surface area (Å²) >= 11 is 0. The van der Waals surface area contributed by atoms with Crippen molar-refractivity contribution < 1.29 is 41.1 Å². The van der Waals surface area contributed by atoms with Crippen LogP contribution < -0.4 is 0 Å². The average molecular weight is 628 g/mol. The maximum Gasteiger partial charge on any atom is 0.324 e. The molecule has 1 unspecified atom stereocenters. The number of rotatable bonds is 18. The van der Waals surface area contributed by atoms with Crippen LogP contribution in [0.4, 0.5) is 0 Å². The van der Waals surface area contributed by atoms with Crippen LogP contribution in [0.1, 0.15) is 37.0 Å². The van der Waals surface area contributed by atoms with E-state index in [0.717, 1.165) is 16.7 Å². The Bertz CT molecular complexity index is 1400. The number of aryl methyl sites for hydroxylation is 1. The molecule has 0 heterocycles. The molecule has 3 rings (SSSR count). The van der Waals surface area contributed by atoms with Gasteiger partial charge in [-0.15, -0.1) is 0 Å². The van der Waals surface area contributed by atoms with Gasteiger partial charge in [0.2, 0.25) is 0 Å². The summed E-state index contributed by atoms with van der Waals surface area (Å²) in [6.07, 6.45) is -1.89. The summed E-state index contributed by atoms with van der Waals surface area (Å²) in [5, 5.41) is 0. The SMILES string of the molecule is CCOC(C)O[C@@H](COS(=O)(=O)c1ccc(C)cc1)CN(Cc1ccccc1)[C@@H](CC(=O)OC)C(=O)OCc1ccccc1. The summed E-state index contributed by atoms with van der Waals surface area (Å²) < 4.78 is 53.7. The van der Waals surface area contributed by atoms with Crippen LogP contribution in [0.15, 0.2) is 89.8 Å². The summed E-state index contributed by atoms with van der Waals surface area (Å²) in [6.45, 7) is 5.57. The lowest BCUT2D eigenvalue weighted by atomic mass is 10.1. The van der Waals surface area contributed by atoms with E-state index in [4.69, 9.17) is 23.1 Å². The molecule has 0 fully saturated rings. The van der Waals surface area contributed by atoms with Gasteiger partial charge in [0.1, 0.15) is 12.6 Å². The number of hydrogen-bond acceptors (Lipinski definition) is 10. The van der Waals surface area contributed by atoms with Gasteiger partial charge in [0.15, 0.2) is 6.29 Å². The summed E-state index contributed by atoms with van der Waals surface area (Å²) in [7, 11) is -2.87. The van der Waals surface area contributed by atoms with E-state index in [-0.39, 0.29) is 37.6 Å². The van der Waals surface area contributed by atoms with Crippen molar-refractivity contribution in [3.8, 4) is 0 Å². The monoisotopic (exact) mass is 627 g/mol. The van der Waals surface area contributed by atoms with Crippen LogP contribution in [0.2, 0.25) is 0 Å². The van der Waals surface area contributed by atoms with Crippen molar-refractivity contribution in [2.45, 2.75) is 63.7 Å². The second-order valence-electron chi connectivity index (χ2n) is 10.1. The number of esters is 2. The first-order valence-corrected chi connectivity index (χ1v) is 15.8. The highest BCUT2D eigenvalue weighted by molar-refractivity contribution is 7.86. The Hall–Kier alpha value is -3.61. The highest BCUT2D eigenvalue weighted by atomic mass is 32.2. The largest absolute Gasteiger partial charge is 0.469 e. The van der Waals surface area contributed by atoms with Gasteiger partial charge >= 0.3 is 11.9 Å². The van der Waals surface area contributed by atoms with Gasteiger partial charge in [-0.1, -0.05) is 78.4 Å². The molecule has 3 aromatic carbocycles. The molecule has 3 aromatic rings. The van der Waals surface area contributed by atoms with Crippen molar-refractivity contribution in [3.63, 3.8) is 0 Å². The first-order valence-electron chi connectivity index (χ1n) is 14.4. The van der Waals surface area contributed by atoms with Crippen molar-refractivity contribution in [2.75, 3.05) is 26.9 Å². The number of nitrogens with zero attached hydrogens (tertiary/aromatic N) is 1. The zero-order valence-electron chi connectivity index (χ0n) is 25.6. The van der Waals surface area contributed by atoms with E-state index in [2.05, 4.69) is 0 Å².